The molecular formula is C11H17NO3. The zero-order chi connectivity index (χ0) is 11.1. The van der Waals surface area contributed by atoms with Gasteiger partial charge in [-0.3, -0.25) is 4.79 Å². The van der Waals surface area contributed by atoms with E-state index in [1.165, 1.54) is 12.8 Å². The average molecular weight is 211 g/mol. The van der Waals surface area contributed by atoms with Crippen LogP contribution in [0.25, 0.3) is 0 Å². The topological polar surface area (TPSA) is 58.9 Å². The van der Waals surface area contributed by atoms with Crippen LogP contribution in [-0.4, -0.2) is 23.9 Å². The van der Waals surface area contributed by atoms with Crippen LogP contribution < -0.4 is 0 Å². The summed E-state index contributed by atoms with van der Waals surface area (Å²) in [6, 6.07) is 0. The summed E-state index contributed by atoms with van der Waals surface area (Å²) >= 11 is 0. The molecular weight excluding hydrogens is 194 g/mol. The number of hydrogen-bond acceptors (Lipinski definition) is 3. The highest BCUT2D eigenvalue weighted by Gasteiger charge is 2.61. The van der Waals surface area contributed by atoms with Crippen LogP contribution in [0, 0.1) is 23.2 Å². The maximum atomic E-state index is 10.8. The van der Waals surface area contributed by atoms with Gasteiger partial charge in [-0.15, -0.1) is 0 Å². The van der Waals surface area contributed by atoms with Gasteiger partial charge in [-0.05, 0) is 24.2 Å². The van der Waals surface area contributed by atoms with Gasteiger partial charge < -0.3 is 9.94 Å². The second-order valence-corrected chi connectivity index (χ2v) is 5.16. The first kappa shape index (κ1) is 10.5. The van der Waals surface area contributed by atoms with Gasteiger partial charge in [-0.25, -0.2) is 0 Å². The van der Waals surface area contributed by atoms with Crippen LogP contribution in [-0.2, 0) is 9.63 Å². The molecule has 2 aliphatic carbocycles. The molecule has 2 atom stereocenters. The highest BCUT2D eigenvalue weighted by atomic mass is 16.6. The molecule has 0 amide bonds. The number of carboxylic acids is 1. The molecule has 0 aromatic rings. The lowest BCUT2D eigenvalue weighted by Crippen LogP contribution is -2.03. The Morgan fingerprint density at radius 1 is 1.60 bits per heavy atom. The maximum absolute atomic E-state index is 10.8. The van der Waals surface area contributed by atoms with Crippen molar-refractivity contribution in [3.63, 3.8) is 0 Å². The van der Waals surface area contributed by atoms with E-state index in [1.807, 2.05) is 13.8 Å². The van der Waals surface area contributed by atoms with Gasteiger partial charge in [0.1, 0.15) is 6.61 Å². The van der Waals surface area contributed by atoms with Gasteiger partial charge in [-0.1, -0.05) is 19.0 Å². The molecule has 0 saturated heterocycles. The van der Waals surface area contributed by atoms with Crippen LogP contribution in [0.5, 0.6) is 0 Å². The van der Waals surface area contributed by atoms with Gasteiger partial charge in [0.05, 0.1) is 5.92 Å². The summed E-state index contributed by atoms with van der Waals surface area (Å²) in [6.07, 6.45) is 4.13. The van der Waals surface area contributed by atoms with Gasteiger partial charge in [-0.2, -0.15) is 0 Å². The molecule has 2 rings (SSSR count). The summed E-state index contributed by atoms with van der Waals surface area (Å²) in [5.41, 5.74) is -0.168. The van der Waals surface area contributed by atoms with Gasteiger partial charge >= 0.3 is 5.97 Å². The van der Waals surface area contributed by atoms with Gasteiger partial charge in [0.2, 0.25) is 0 Å². The van der Waals surface area contributed by atoms with E-state index in [-0.39, 0.29) is 17.3 Å². The van der Waals surface area contributed by atoms with Crippen LogP contribution in [0.2, 0.25) is 0 Å². The molecule has 0 aromatic carbocycles. The number of aliphatic carboxylic acids is 1. The van der Waals surface area contributed by atoms with Crippen LogP contribution >= 0.6 is 0 Å². The Labute approximate surface area is 89.3 Å². The monoisotopic (exact) mass is 211 g/mol. The standard InChI is InChI=1S/C11H17NO3/c1-11(2)8(9(11)10(13)14)5-12-15-6-7-3-4-7/h5,7-9H,3-4,6H2,1-2H3,(H,13,14)/t8-,9-/m0/s1. The van der Waals surface area contributed by atoms with Crippen molar-refractivity contribution in [3.05, 3.63) is 0 Å². The van der Waals surface area contributed by atoms with Gasteiger partial charge in [0, 0.05) is 12.1 Å². The smallest absolute Gasteiger partial charge is 0.307 e. The highest BCUT2D eigenvalue weighted by molar-refractivity contribution is 5.84. The van der Waals surface area contributed by atoms with E-state index in [2.05, 4.69) is 5.16 Å². The number of hydrogen-bond donors (Lipinski definition) is 1. The lowest BCUT2D eigenvalue weighted by Gasteiger charge is -1.97. The first-order chi connectivity index (χ1) is 7.03. The van der Waals surface area contributed by atoms with Crippen LogP contribution in [0.3, 0.4) is 0 Å². The van der Waals surface area contributed by atoms with Crippen molar-refractivity contribution >= 4 is 12.2 Å². The molecule has 2 saturated carbocycles. The molecule has 4 heteroatoms. The maximum Gasteiger partial charge on any atom is 0.307 e. The predicted octanol–water partition coefficient (Wildman–Crippen LogP) is 1.76. The Bertz CT molecular complexity index is 294. The van der Waals surface area contributed by atoms with Crippen molar-refractivity contribution in [1.82, 2.24) is 0 Å². The van der Waals surface area contributed by atoms with Crippen LogP contribution in [0.1, 0.15) is 26.7 Å². The summed E-state index contributed by atoms with van der Waals surface area (Å²) in [7, 11) is 0. The first-order valence-corrected chi connectivity index (χ1v) is 5.41. The van der Waals surface area contributed by atoms with Crippen molar-refractivity contribution in [1.29, 1.82) is 0 Å². The molecule has 15 heavy (non-hydrogen) atoms. The van der Waals surface area contributed by atoms with Crippen molar-refractivity contribution < 1.29 is 14.7 Å². The van der Waals surface area contributed by atoms with E-state index in [9.17, 15) is 4.79 Å². The Morgan fingerprint density at radius 3 is 2.73 bits per heavy atom. The third-order valence-corrected chi connectivity index (χ3v) is 3.48. The minimum Gasteiger partial charge on any atom is -0.481 e. The number of oxime groups is 1. The van der Waals surface area contributed by atoms with Crippen LogP contribution in [0.4, 0.5) is 0 Å². The van der Waals surface area contributed by atoms with Crippen molar-refractivity contribution in [2.24, 2.45) is 28.3 Å². The molecule has 1 N–H and O–H groups in total. The summed E-state index contributed by atoms with van der Waals surface area (Å²) in [6.45, 7) is 4.58. The van der Waals surface area contributed by atoms with E-state index in [1.54, 1.807) is 6.21 Å². The zero-order valence-corrected chi connectivity index (χ0v) is 9.14. The molecule has 0 aromatic heterocycles. The third-order valence-electron chi connectivity index (χ3n) is 3.48. The Balaban J connectivity index is 1.77. The fourth-order valence-corrected chi connectivity index (χ4v) is 1.97. The number of carboxylic acid groups (broad SMARTS) is 1. The zero-order valence-electron chi connectivity index (χ0n) is 9.14. The summed E-state index contributed by atoms with van der Waals surface area (Å²) in [5, 5.41) is 12.8. The average Bonchev–Trinajstić information content (AvgIpc) is 2.98. The fourth-order valence-electron chi connectivity index (χ4n) is 1.97. The Kier molecular flexibility index (Phi) is 2.44. The van der Waals surface area contributed by atoms with E-state index >= 15 is 0 Å². The molecule has 4 nitrogen and oxygen atoms in total. The number of carbonyl (C=O) groups is 1. The van der Waals surface area contributed by atoms with E-state index in [0.29, 0.717) is 12.5 Å². The van der Waals surface area contributed by atoms with Crippen molar-refractivity contribution in [2.45, 2.75) is 26.7 Å². The van der Waals surface area contributed by atoms with Crippen molar-refractivity contribution in [3.8, 4) is 0 Å². The molecule has 0 unspecified atom stereocenters. The second-order valence-electron chi connectivity index (χ2n) is 5.16. The normalized spacial score (nSPS) is 32.9. The molecule has 0 bridgehead atoms. The van der Waals surface area contributed by atoms with E-state index in [0.717, 1.165) is 0 Å². The molecule has 0 aliphatic heterocycles. The summed E-state index contributed by atoms with van der Waals surface area (Å²) in [4.78, 5) is 15.9. The van der Waals surface area contributed by atoms with E-state index in [4.69, 9.17) is 9.94 Å². The SMILES string of the molecule is CC1(C)[C@H](C(=O)O)[C@@H]1C=NOCC1CC1. The predicted molar refractivity (Wildman–Crippen MR) is 55.6 cm³/mol. The quantitative estimate of drug-likeness (QED) is 0.556. The molecule has 0 spiro atoms. The van der Waals surface area contributed by atoms with Crippen LogP contribution in [0.15, 0.2) is 5.16 Å². The minimum atomic E-state index is -0.737. The fraction of sp³-hybridized carbons (Fsp3) is 0.818. The summed E-state index contributed by atoms with van der Waals surface area (Å²) < 4.78 is 0. The van der Waals surface area contributed by atoms with Gasteiger partial charge in [0.15, 0.2) is 0 Å². The molecule has 2 fully saturated rings. The lowest BCUT2D eigenvalue weighted by molar-refractivity contribution is -0.139. The first-order valence-electron chi connectivity index (χ1n) is 5.41. The largest absolute Gasteiger partial charge is 0.481 e. The summed E-state index contributed by atoms with van der Waals surface area (Å²) in [5.74, 6) is -0.330. The Hall–Kier alpha value is -1.06. The minimum absolute atomic E-state index is 0.0224. The molecule has 0 heterocycles. The number of rotatable bonds is 5. The molecule has 2 aliphatic rings. The van der Waals surface area contributed by atoms with E-state index < -0.39 is 5.97 Å². The van der Waals surface area contributed by atoms with Gasteiger partial charge in [0.25, 0.3) is 0 Å². The molecule has 84 valence electrons. The second kappa shape index (κ2) is 3.51. The van der Waals surface area contributed by atoms with Crippen molar-refractivity contribution in [2.75, 3.05) is 6.61 Å². The number of nitrogens with zero attached hydrogens (tertiary/aromatic N) is 1. The highest BCUT2D eigenvalue weighted by Crippen LogP contribution is 2.57. The Morgan fingerprint density at radius 2 is 2.27 bits per heavy atom. The third kappa shape index (κ3) is 2.13. The molecule has 0 radical (unpaired) electrons. The lowest BCUT2D eigenvalue weighted by atomic mass is 10.1.